The smallest absolute Gasteiger partial charge is 0.355 e. The third-order valence-electron chi connectivity index (χ3n) is 2.67. The topological polar surface area (TPSA) is 16.1 Å². The maximum Gasteiger partial charge on any atom is 0.416 e. The molecule has 1 unspecified atom stereocenters. The van der Waals surface area contributed by atoms with Crippen molar-refractivity contribution >= 4 is 29.2 Å². The molecule has 0 bridgehead atoms. The van der Waals surface area contributed by atoms with Crippen LogP contribution in [0.1, 0.15) is 12.5 Å². The van der Waals surface area contributed by atoms with Crippen LogP contribution in [0.5, 0.6) is 0 Å². The van der Waals surface area contributed by atoms with Crippen LogP contribution in [0.15, 0.2) is 12.1 Å². The second kappa shape index (κ2) is 5.17. The molecule has 2 nitrogen and oxygen atoms in total. The first-order chi connectivity index (χ1) is 8.36. The molecule has 0 radical (unpaired) electrons. The molecule has 0 N–H and O–H groups in total. The Kier molecular flexibility index (Phi) is 3.96. The lowest BCUT2D eigenvalue weighted by atomic mass is 10.2. The molecule has 2 rings (SSSR count). The highest BCUT2D eigenvalue weighted by atomic mass is 35.5. The van der Waals surface area contributed by atoms with Crippen LogP contribution in [-0.2, 0) is 6.18 Å². The van der Waals surface area contributed by atoms with E-state index in [-0.39, 0.29) is 5.15 Å². The largest absolute Gasteiger partial charge is 0.416 e. The Morgan fingerprint density at radius 3 is 2.78 bits per heavy atom. The maximum absolute atomic E-state index is 12.7. The van der Waals surface area contributed by atoms with Gasteiger partial charge in [0, 0.05) is 24.1 Å². The van der Waals surface area contributed by atoms with Crippen LogP contribution in [-0.4, -0.2) is 29.1 Å². The summed E-state index contributed by atoms with van der Waals surface area (Å²) in [6.07, 6.45) is -4.39. The highest BCUT2D eigenvalue weighted by Gasteiger charge is 2.32. The molecule has 1 aromatic heterocycles. The summed E-state index contributed by atoms with van der Waals surface area (Å²) in [5.41, 5.74) is -0.747. The van der Waals surface area contributed by atoms with Gasteiger partial charge in [-0.05, 0) is 12.1 Å². The van der Waals surface area contributed by atoms with Crippen LogP contribution >= 0.6 is 23.4 Å². The molecule has 18 heavy (non-hydrogen) atoms. The van der Waals surface area contributed by atoms with E-state index in [9.17, 15) is 13.2 Å². The van der Waals surface area contributed by atoms with E-state index in [0.717, 1.165) is 17.9 Å². The Bertz CT molecular complexity index is 439. The van der Waals surface area contributed by atoms with Gasteiger partial charge in [-0.15, -0.1) is 0 Å². The Morgan fingerprint density at radius 1 is 1.44 bits per heavy atom. The molecule has 1 atom stereocenters. The van der Waals surface area contributed by atoms with Gasteiger partial charge < -0.3 is 4.90 Å². The van der Waals surface area contributed by atoms with Crippen molar-refractivity contribution in [3.05, 3.63) is 22.8 Å². The van der Waals surface area contributed by atoms with E-state index < -0.39 is 11.7 Å². The number of rotatable bonds is 1. The van der Waals surface area contributed by atoms with Crippen molar-refractivity contribution in [3.8, 4) is 0 Å². The number of pyridine rings is 1. The van der Waals surface area contributed by atoms with Gasteiger partial charge >= 0.3 is 6.18 Å². The second-order valence-electron chi connectivity index (χ2n) is 4.16. The Hall–Kier alpha value is -0.620. The Labute approximate surface area is 113 Å². The molecule has 0 spiro atoms. The molecule has 1 fully saturated rings. The van der Waals surface area contributed by atoms with Crippen LogP contribution < -0.4 is 4.90 Å². The van der Waals surface area contributed by atoms with Crippen molar-refractivity contribution in [1.29, 1.82) is 0 Å². The summed E-state index contributed by atoms with van der Waals surface area (Å²) in [6, 6.07) is 1.92. The molecule has 1 saturated heterocycles. The first-order valence-electron chi connectivity index (χ1n) is 5.47. The van der Waals surface area contributed by atoms with E-state index in [1.807, 2.05) is 11.8 Å². The summed E-state index contributed by atoms with van der Waals surface area (Å²) in [7, 11) is 0. The molecular weight excluding hydrogens is 285 g/mol. The lowest BCUT2D eigenvalue weighted by Crippen LogP contribution is -2.37. The number of halogens is 4. The van der Waals surface area contributed by atoms with Crippen LogP contribution in [0.2, 0.25) is 5.15 Å². The van der Waals surface area contributed by atoms with Gasteiger partial charge in [0.25, 0.3) is 0 Å². The number of aromatic nitrogens is 1. The summed E-state index contributed by atoms with van der Waals surface area (Å²) in [5.74, 6) is 1.19. The van der Waals surface area contributed by atoms with E-state index >= 15 is 0 Å². The molecule has 0 amide bonds. The summed E-state index contributed by atoms with van der Waals surface area (Å²) in [4.78, 5) is 5.84. The molecule has 0 aromatic carbocycles. The van der Waals surface area contributed by atoms with E-state index in [2.05, 4.69) is 4.98 Å². The van der Waals surface area contributed by atoms with Crippen molar-refractivity contribution in [2.45, 2.75) is 18.3 Å². The number of anilines is 1. The van der Waals surface area contributed by atoms with Gasteiger partial charge in [-0.3, -0.25) is 0 Å². The second-order valence-corrected chi connectivity index (χ2v) is 6.10. The zero-order chi connectivity index (χ0) is 13.3. The molecular formula is C11H12ClF3N2S. The fourth-order valence-electron chi connectivity index (χ4n) is 1.84. The van der Waals surface area contributed by atoms with Crippen LogP contribution in [0.4, 0.5) is 19.0 Å². The van der Waals surface area contributed by atoms with Crippen molar-refractivity contribution in [2.75, 3.05) is 23.7 Å². The summed E-state index contributed by atoms with van der Waals surface area (Å²) in [5, 5.41) is 0.263. The fraction of sp³-hybridized carbons (Fsp3) is 0.545. The van der Waals surface area contributed by atoms with Crippen LogP contribution in [0.3, 0.4) is 0 Å². The lowest BCUT2D eigenvalue weighted by Gasteiger charge is -2.31. The van der Waals surface area contributed by atoms with Gasteiger partial charge in [-0.1, -0.05) is 18.5 Å². The highest BCUT2D eigenvalue weighted by molar-refractivity contribution is 8.00. The lowest BCUT2D eigenvalue weighted by molar-refractivity contribution is -0.137. The normalized spacial score (nSPS) is 21.2. The maximum atomic E-state index is 12.7. The molecule has 7 heteroatoms. The third kappa shape index (κ3) is 3.23. The van der Waals surface area contributed by atoms with Gasteiger partial charge in [0.1, 0.15) is 11.0 Å². The van der Waals surface area contributed by atoms with Gasteiger partial charge in [0.05, 0.1) is 5.56 Å². The van der Waals surface area contributed by atoms with E-state index in [1.165, 1.54) is 0 Å². The molecule has 1 aromatic rings. The molecule has 1 aliphatic rings. The van der Waals surface area contributed by atoms with Crippen LogP contribution in [0, 0.1) is 0 Å². The fourth-order valence-corrected chi connectivity index (χ4v) is 3.05. The van der Waals surface area contributed by atoms with E-state index in [0.29, 0.717) is 24.2 Å². The molecule has 0 aliphatic carbocycles. The first kappa shape index (κ1) is 13.8. The average molecular weight is 297 g/mol. The average Bonchev–Trinajstić information content (AvgIpc) is 2.27. The van der Waals surface area contributed by atoms with Gasteiger partial charge in [-0.2, -0.15) is 24.9 Å². The van der Waals surface area contributed by atoms with Gasteiger partial charge in [0.15, 0.2) is 0 Å². The molecule has 0 saturated carbocycles. The summed E-state index contributed by atoms with van der Waals surface area (Å²) in [6.45, 7) is 3.43. The van der Waals surface area contributed by atoms with Crippen molar-refractivity contribution < 1.29 is 13.2 Å². The highest BCUT2D eigenvalue weighted by Crippen LogP contribution is 2.33. The number of hydrogen-bond acceptors (Lipinski definition) is 3. The number of hydrogen-bond donors (Lipinski definition) is 0. The zero-order valence-corrected chi connectivity index (χ0v) is 11.2. The summed E-state index contributed by atoms with van der Waals surface area (Å²) < 4.78 is 38.0. The van der Waals surface area contributed by atoms with Crippen molar-refractivity contribution in [1.82, 2.24) is 4.98 Å². The zero-order valence-electron chi connectivity index (χ0n) is 9.67. The SMILES string of the molecule is CC1CN(c2cc(C(F)(F)F)cc(Cl)n2)CCS1. The molecule has 1 aliphatic heterocycles. The number of nitrogens with zero attached hydrogens (tertiary/aromatic N) is 2. The standard InChI is InChI=1S/C11H12ClF3N2S/c1-7-6-17(2-3-18-7)10-5-8(11(13,14)15)4-9(12)16-10/h4-5,7H,2-3,6H2,1H3. The monoisotopic (exact) mass is 296 g/mol. The van der Waals surface area contributed by atoms with Crippen molar-refractivity contribution in [2.24, 2.45) is 0 Å². The Morgan fingerprint density at radius 2 is 2.17 bits per heavy atom. The quantitative estimate of drug-likeness (QED) is 0.735. The van der Waals surface area contributed by atoms with Crippen molar-refractivity contribution in [3.63, 3.8) is 0 Å². The first-order valence-corrected chi connectivity index (χ1v) is 6.90. The van der Waals surface area contributed by atoms with Gasteiger partial charge in [0.2, 0.25) is 0 Å². The third-order valence-corrected chi connectivity index (χ3v) is 4.00. The molecule has 2 heterocycles. The molecule has 100 valence electrons. The minimum atomic E-state index is -4.39. The minimum Gasteiger partial charge on any atom is -0.355 e. The number of thioether (sulfide) groups is 1. The predicted molar refractivity (Wildman–Crippen MR) is 68.4 cm³/mol. The van der Waals surface area contributed by atoms with Crippen LogP contribution in [0.25, 0.3) is 0 Å². The van der Waals surface area contributed by atoms with Gasteiger partial charge in [-0.25, -0.2) is 4.98 Å². The number of alkyl halides is 3. The van der Waals surface area contributed by atoms with E-state index in [1.54, 1.807) is 11.8 Å². The predicted octanol–water partition coefficient (Wildman–Crippen LogP) is 3.70. The Balaban J connectivity index is 2.30. The van der Waals surface area contributed by atoms with E-state index in [4.69, 9.17) is 11.6 Å². The summed E-state index contributed by atoms with van der Waals surface area (Å²) >= 11 is 7.47. The minimum absolute atomic E-state index is 0.120.